The van der Waals surface area contributed by atoms with Crippen LogP contribution in [0.1, 0.15) is 11.5 Å². The third-order valence-corrected chi connectivity index (χ3v) is 2.99. The molecule has 0 aliphatic heterocycles. The Kier molecular flexibility index (Phi) is 3.38. The minimum absolute atomic E-state index is 0.00769. The molecule has 2 aromatic heterocycles. The van der Waals surface area contributed by atoms with Gasteiger partial charge in [-0.15, -0.1) is 11.3 Å². The van der Waals surface area contributed by atoms with Crippen molar-refractivity contribution >= 4 is 22.4 Å². The maximum atomic E-state index is 11.9. The van der Waals surface area contributed by atoms with E-state index in [0.29, 0.717) is 17.4 Å². The Morgan fingerprint density at radius 3 is 3.06 bits per heavy atom. The lowest BCUT2D eigenvalue weighted by atomic mass is 10.3. The third-order valence-electron chi connectivity index (χ3n) is 2.27. The Balaban J connectivity index is 1.91. The molecular weight excluding hydrogens is 238 g/mol. The molecule has 0 saturated heterocycles. The fourth-order valence-electron chi connectivity index (χ4n) is 1.39. The van der Waals surface area contributed by atoms with Crippen molar-refractivity contribution in [1.82, 2.24) is 19.9 Å². The van der Waals surface area contributed by atoms with Gasteiger partial charge < -0.3 is 15.6 Å². The van der Waals surface area contributed by atoms with Crippen molar-refractivity contribution in [1.29, 1.82) is 0 Å². The van der Waals surface area contributed by atoms with Gasteiger partial charge in [-0.2, -0.15) is 0 Å². The van der Waals surface area contributed by atoms with Gasteiger partial charge in [-0.05, 0) is 0 Å². The van der Waals surface area contributed by atoms with E-state index >= 15 is 0 Å². The van der Waals surface area contributed by atoms with Crippen LogP contribution >= 0.6 is 11.3 Å². The van der Waals surface area contributed by atoms with Crippen molar-refractivity contribution in [3.05, 3.63) is 29.3 Å². The highest BCUT2D eigenvalue weighted by atomic mass is 32.1. The first-order chi connectivity index (χ1) is 8.15. The van der Waals surface area contributed by atoms with Crippen molar-refractivity contribution in [2.45, 2.75) is 13.0 Å². The van der Waals surface area contributed by atoms with E-state index in [0.717, 1.165) is 5.82 Å². The minimum Gasteiger partial charge on any atom is -0.375 e. The molecule has 0 aliphatic rings. The van der Waals surface area contributed by atoms with Gasteiger partial charge in [0.25, 0.3) is 0 Å². The SMILES string of the molecule is CN(Cc1ncc[nH]1)C(=O)Cc1csc(N)n1. The number of aromatic amines is 1. The average molecular weight is 251 g/mol. The zero-order valence-electron chi connectivity index (χ0n) is 9.38. The number of nitrogen functional groups attached to an aromatic ring is 1. The minimum atomic E-state index is -0.00769. The van der Waals surface area contributed by atoms with Crippen LogP contribution in [0.5, 0.6) is 0 Å². The number of nitrogens with zero attached hydrogens (tertiary/aromatic N) is 3. The summed E-state index contributed by atoms with van der Waals surface area (Å²) < 4.78 is 0. The number of carbonyl (C=O) groups is 1. The predicted octanol–water partition coefficient (Wildman–Crippen LogP) is 0.649. The predicted molar refractivity (Wildman–Crippen MR) is 65.3 cm³/mol. The Bertz CT molecular complexity index is 493. The summed E-state index contributed by atoms with van der Waals surface area (Å²) in [6.45, 7) is 0.464. The van der Waals surface area contributed by atoms with Crippen molar-refractivity contribution < 1.29 is 4.79 Å². The number of thiazole rings is 1. The lowest BCUT2D eigenvalue weighted by Crippen LogP contribution is -2.28. The highest BCUT2D eigenvalue weighted by Gasteiger charge is 2.12. The molecule has 6 nitrogen and oxygen atoms in total. The molecule has 90 valence electrons. The molecule has 17 heavy (non-hydrogen) atoms. The van der Waals surface area contributed by atoms with Crippen LogP contribution in [0, 0.1) is 0 Å². The van der Waals surface area contributed by atoms with Gasteiger partial charge in [0, 0.05) is 24.8 Å². The summed E-state index contributed by atoms with van der Waals surface area (Å²) in [6, 6.07) is 0. The summed E-state index contributed by atoms with van der Waals surface area (Å²) in [7, 11) is 1.74. The van der Waals surface area contributed by atoms with Gasteiger partial charge in [-0.25, -0.2) is 9.97 Å². The molecule has 0 radical (unpaired) electrons. The summed E-state index contributed by atoms with van der Waals surface area (Å²) in [5.74, 6) is 0.755. The topological polar surface area (TPSA) is 87.9 Å². The van der Waals surface area contributed by atoms with Gasteiger partial charge in [0.15, 0.2) is 5.13 Å². The first-order valence-electron chi connectivity index (χ1n) is 5.07. The fraction of sp³-hybridized carbons (Fsp3) is 0.300. The molecule has 2 heterocycles. The molecule has 0 unspecified atom stereocenters. The van der Waals surface area contributed by atoms with Gasteiger partial charge in [0.05, 0.1) is 18.7 Å². The maximum absolute atomic E-state index is 11.9. The molecule has 3 N–H and O–H groups in total. The lowest BCUT2D eigenvalue weighted by Gasteiger charge is -2.14. The highest BCUT2D eigenvalue weighted by molar-refractivity contribution is 7.13. The average Bonchev–Trinajstić information content (AvgIpc) is 2.90. The van der Waals surface area contributed by atoms with E-state index in [-0.39, 0.29) is 12.3 Å². The lowest BCUT2D eigenvalue weighted by molar-refractivity contribution is -0.129. The van der Waals surface area contributed by atoms with Crippen molar-refractivity contribution in [2.75, 3.05) is 12.8 Å². The van der Waals surface area contributed by atoms with Crippen LogP contribution in [0.4, 0.5) is 5.13 Å². The number of hydrogen-bond donors (Lipinski definition) is 2. The molecule has 0 bridgehead atoms. The van der Waals surface area contributed by atoms with E-state index in [1.54, 1.807) is 29.7 Å². The van der Waals surface area contributed by atoms with Gasteiger partial charge in [-0.3, -0.25) is 4.79 Å². The van der Waals surface area contributed by atoms with Crippen molar-refractivity contribution in [3.8, 4) is 0 Å². The summed E-state index contributed by atoms with van der Waals surface area (Å²) >= 11 is 1.34. The van der Waals surface area contributed by atoms with Crippen LogP contribution in [-0.2, 0) is 17.8 Å². The number of aromatic nitrogens is 3. The van der Waals surface area contributed by atoms with E-state index in [4.69, 9.17) is 5.73 Å². The maximum Gasteiger partial charge on any atom is 0.228 e. The fourth-order valence-corrected chi connectivity index (χ4v) is 1.95. The number of rotatable bonds is 4. The zero-order valence-corrected chi connectivity index (χ0v) is 10.2. The Hall–Kier alpha value is -1.89. The van der Waals surface area contributed by atoms with E-state index in [2.05, 4.69) is 15.0 Å². The molecular formula is C10H13N5OS. The van der Waals surface area contributed by atoms with E-state index < -0.39 is 0 Å². The number of amides is 1. The van der Waals surface area contributed by atoms with Crippen molar-refractivity contribution in [3.63, 3.8) is 0 Å². The first kappa shape index (κ1) is 11.6. The van der Waals surface area contributed by atoms with Crippen LogP contribution in [0.25, 0.3) is 0 Å². The molecule has 7 heteroatoms. The van der Waals surface area contributed by atoms with E-state index in [1.807, 2.05) is 0 Å². The largest absolute Gasteiger partial charge is 0.375 e. The third kappa shape index (κ3) is 3.04. The number of anilines is 1. The molecule has 2 rings (SSSR count). The van der Waals surface area contributed by atoms with E-state index in [9.17, 15) is 4.79 Å². The van der Waals surface area contributed by atoms with Gasteiger partial charge in [-0.1, -0.05) is 0 Å². The van der Waals surface area contributed by atoms with E-state index in [1.165, 1.54) is 11.3 Å². The molecule has 0 fully saturated rings. The summed E-state index contributed by atoms with van der Waals surface area (Å²) in [4.78, 5) is 24.5. The number of hydrogen-bond acceptors (Lipinski definition) is 5. The molecule has 0 aliphatic carbocycles. The number of H-pyrrole nitrogens is 1. The molecule has 0 aromatic carbocycles. The summed E-state index contributed by atoms with van der Waals surface area (Å²) in [6.07, 6.45) is 3.66. The normalized spacial score (nSPS) is 10.4. The number of nitrogens with one attached hydrogen (secondary N) is 1. The Labute approximate surface area is 102 Å². The quantitative estimate of drug-likeness (QED) is 0.835. The van der Waals surface area contributed by atoms with Crippen LogP contribution < -0.4 is 5.73 Å². The molecule has 1 amide bonds. The zero-order chi connectivity index (χ0) is 12.3. The van der Waals surface area contributed by atoms with Crippen LogP contribution in [0.3, 0.4) is 0 Å². The number of carbonyl (C=O) groups excluding carboxylic acids is 1. The highest BCUT2D eigenvalue weighted by Crippen LogP contribution is 2.12. The number of imidazole rings is 1. The Morgan fingerprint density at radius 2 is 2.47 bits per heavy atom. The Morgan fingerprint density at radius 1 is 1.65 bits per heavy atom. The second kappa shape index (κ2) is 4.96. The smallest absolute Gasteiger partial charge is 0.228 e. The van der Waals surface area contributed by atoms with Crippen LogP contribution in [0.2, 0.25) is 0 Å². The second-order valence-electron chi connectivity index (χ2n) is 3.64. The first-order valence-corrected chi connectivity index (χ1v) is 5.95. The standard InChI is InChI=1S/C10H13N5OS/c1-15(5-8-12-2-3-13-8)9(16)4-7-6-17-10(11)14-7/h2-3,6H,4-5H2,1H3,(H2,11,14)(H,12,13). The van der Waals surface area contributed by atoms with Crippen molar-refractivity contribution in [2.24, 2.45) is 0 Å². The monoisotopic (exact) mass is 251 g/mol. The molecule has 0 atom stereocenters. The molecule has 0 spiro atoms. The molecule has 2 aromatic rings. The number of nitrogens with two attached hydrogens (primary N) is 1. The van der Waals surface area contributed by atoms with Gasteiger partial charge >= 0.3 is 0 Å². The number of likely N-dealkylation sites (N-methyl/N-ethyl adjacent to an activating group) is 1. The summed E-state index contributed by atoms with van der Waals surface area (Å²) in [5.41, 5.74) is 6.22. The van der Waals surface area contributed by atoms with Gasteiger partial charge in [0.2, 0.25) is 5.91 Å². The van der Waals surface area contributed by atoms with Crippen LogP contribution in [-0.4, -0.2) is 32.8 Å². The molecule has 0 saturated carbocycles. The second-order valence-corrected chi connectivity index (χ2v) is 4.53. The van der Waals surface area contributed by atoms with Crippen LogP contribution in [0.15, 0.2) is 17.8 Å². The van der Waals surface area contributed by atoms with Gasteiger partial charge in [0.1, 0.15) is 5.82 Å². The summed E-state index contributed by atoms with van der Waals surface area (Å²) in [5, 5.41) is 2.29.